The van der Waals surface area contributed by atoms with Gasteiger partial charge in [-0.15, -0.1) is 0 Å². The van der Waals surface area contributed by atoms with Gasteiger partial charge in [0.05, 0.1) is 12.7 Å². The number of methoxy groups -OCH3 is 1. The Morgan fingerprint density at radius 2 is 2.00 bits per heavy atom. The van der Waals surface area contributed by atoms with Gasteiger partial charge in [0.15, 0.2) is 0 Å². The number of anilines is 1. The molecule has 1 fully saturated rings. The molecule has 0 bridgehead atoms. The smallest absolute Gasteiger partial charge is 0.409 e. The first-order valence-corrected chi connectivity index (χ1v) is 6.42. The molecule has 1 aromatic heterocycles. The van der Waals surface area contributed by atoms with Crippen molar-refractivity contribution < 1.29 is 14.3 Å². The predicted molar refractivity (Wildman–Crippen MR) is 73.8 cm³/mol. The molecule has 7 heteroatoms. The fourth-order valence-electron chi connectivity index (χ4n) is 2.19. The molecule has 0 unspecified atom stereocenters. The summed E-state index contributed by atoms with van der Waals surface area (Å²) < 4.78 is 4.70. The van der Waals surface area contributed by atoms with Gasteiger partial charge in [0.25, 0.3) is 5.91 Å². The van der Waals surface area contributed by atoms with Crippen LogP contribution in [0.1, 0.15) is 10.4 Å². The molecule has 20 heavy (non-hydrogen) atoms. The minimum atomic E-state index is -0.322. The Morgan fingerprint density at radius 3 is 2.60 bits per heavy atom. The van der Waals surface area contributed by atoms with E-state index >= 15 is 0 Å². The number of pyridine rings is 1. The van der Waals surface area contributed by atoms with Gasteiger partial charge in [0.2, 0.25) is 0 Å². The van der Waals surface area contributed by atoms with E-state index in [0.717, 1.165) is 0 Å². The number of amides is 2. The molecule has 2 rings (SSSR count). The van der Waals surface area contributed by atoms with Crippen LogP contribution in [0.2, 0.25) is 0 Å². The Hall–Kier alpha value is -2.31. The SMILES string of the molecule is CNC(=O)c1cccnc1N1CCN(C(=O)OC)CC1. The Balaban J connectivity index is 2.11. The van der Waals surface area contributed by atoms with E-state index in [1.165, 1.54) is 7.11 Å². The van der Waals surface area contributed by atoms with Crippen molar-refractivity contribution in [1.29, 1.82) is 0 Å². The third-order valence-corrected chi connectivity index (χ3v) is 3.27. The van der Waals surface area contributed by atoms with Crippen molar-refractivity contribution in [3.8, 4) is 0 Å². The molecule has 108 valence electrons. The van der Waals surface area contributed by atoms with E-state index in [2.05, 4.69) is 10.3 Å². The van der Waals surface area contributed by atoms with Crippen LogP contribution < -0.4 is 10.2 Å². The third-order valence-electron chi connectivity index (χ3n) is 3.27. The second kappa shape index (κ2) is 6.23. The van der Waals surface area contributed by atoms with E-state index in [1.54, 1.807) is 30.3 Å². The molecular formula is C13H18N4O3. The van der Waals surface area contributed by atoms with E-state index in [0.29, 0.717) is 37.6 Å². The number of carbonyl (C=O) groups excluding carboxylic acids is 2. The molecule has 7 nitrogen and oxygen atoms in total. The Morgan fingerprint density at radius 1 is 1.30 bits per heavy atom. The summed E-state index contributed by atoms with van der Waals surface area (Å²) in [5.41, 5.74) is 0.543. The normalized spacial score (nSPS) is 14.9. The fraction of sp³-hybridized carbons (Fsp3) is 0.462. The lowest BCUT2D eigenvalue weighted by Gasteiger charge is -2.35. The zero-order valence-electron chi connectivity index (χ0n) is 11.6. The number of piperazine rings is 1. The summed E-state index contributed by atoms with van der Waals surface area (Å²) in [7, 11) is 2.96. The highest BCUT2D eigenvalue weighted by Gasteiger charge is 2.24. The van der Waals surface area contributed by atoms with Gasteiger partial charge in [-0.05, 0) is 12.1 Å². The van der Waals surface area contributed by atoms with Crippen LogP contribution in [0.4, 0.5) is 10.6 Å². The number of aromatic nitrogens is 1. The summed E-state index contributed by atoms with van der Waals surface area (Å²) in [6.45, 7) is 2.35. The van der Waals surface area contributed by atoms with Crippen LogP contribution in [-0.4, -0.2) is 62.2 Å². The predicted octanol–water partition coefficient (Wildman–Crippen LogP) is 0.330. The molecule has 1 saturated heterocycles. The summed E-state index contributed by atoms with van der Waals surface area (Å²) in [6.07, 6.45) is 1.34. The van der Waals surface area contributed by atoms with E-state index in [-0.39, 0.29) is 12.0 Å². The maximum Gasteiger partial charge on any atom is 0.409 e. The van der Waals surface area contributed by atoms with Gasteiger partial charge in [-0.2, -0.15) is 0 Å². The number of nitrogens with zero attached hydrogens (tertiary/aromatic N) is 3. The van der Waals surface area contributed by atoms with E-state index in [1.807, 2.05) is 4.90 Å². The summed E-state index contributed by atoms with van der Waals surface area (Å²) >= 11 is 0. The van der Waals surface area contributed by atoms with Crippen molar-refractivity contribution in [2.75, 3.05) is 45.2 Å². The van der Waals surface area contributed by atoms with Crippen LogP contribution in [0.3, 0.4) is 0 Å². The van der Waals surface area contributed by atoms with E-state index < -0.39 is 0 Å². The topological polar surface area (TPSA) is 74.8 Å². The fourth-order valence-corrected chi connectivity index (χ4v) is 2.19. The monoisotopic (exact) mass is 278 g/mol. The van der Waals surface area contributed by atoms with Crippen molar-refractivity contribution in [3.63, 3.8) is 0 Å². The Labute approximate surface area is 117 Å². The quantitative estimate of drug-likeness (QED) is 0.844. The Kier molecular flexibility index (Phi) is 4.39. The number of nitrogens with one attached hydrogen (secondary N) is 1. The number of carbonyl (C=O) groups is 2. The van der Waals surface area contributed by atoms with Crippen molar-refractivity contribution in [1.82, 2.24) is 15.2 Å². The molecule has 1 aliphatic rings. The van der Waals surface area contributed by atoms with Crippen molar-refractivity contribution in [3.05, 3.63) is 23.9 Å². The average molecular weight is 278 g/mol. The average Bonchev–Trinajstić information content (AvgIpc) is 2.53. The molecule has 0 radical (unpaired) electrons. The second-order valence-electron chi connectivity index (χ2n) is 4.40. The summed E-state index contributed by atoms with van der Waals surface area (Å²) in [6, 6.07) is 3.48. The van der Waals surface area contributed by atoms with Crippen LogP contribution in [-0.2, 0) is 4.74 Å². The van der Waals surface area contributed by atoms with Crippen LogP contribution in [0.5, 0.6) is 0 Å². The van der Waals surface area contributed by atoms with Gasteiger partial charge < -0.3 is 19.9 Å². The first-order valence-electron chi connectivity index (χ1n) is 6.42. The molecule has 2 heterocycles. The summed E-state index contributed by atoms with van der Waals surface area (Å²) in [5, 5.41) is 2.61. The molecule has 0 aromatic carbocycles. The standard InChI is InChI=1S/C13H18N4O3/c1-14-12(18)10-4-3-5-15-11(10)16-6-8-17(9-7-16)13(19)20-2/h3-5H,6-9H2,1-2H3,(H,14,18). The second-order valence-corrected chi connectivity index (χ2v) is 4.40. The lowest BCUT2D eigenvalue weighted by atomic mass is 10.2. The van der Waals surface area contributed by atoms with Gasteiger partial charge in [-0.25, -0.2) is 9.78 Å². The van der Waals surface area contributed by atoms with Crippen molar-refractivity contribution >= 4 is 17.8 Å². The molecule has 1 aliphatic heterocycles. The highest BCUT2D eigenvalue weighted by molar-refractivity contribution is 5.98. The van der Waals surface area contributed by atoms with Gasteiger partial charge in [-0.3, -0.25) is 4.79 Å². The first-order chi connectivity index (χ1) is 9.67. The molecule has 0 spiro atoms. The van der Waals surface area contributed by atoms with Crippen LogP contribution in [0, 0.1) is 0 Å². The zero-order valence-corrected chi connectivity index (χ0v) is 11.6. The minimum Gasteiger partial charge on any atom is -0.453 e. The molecule has 1 N–H and O–H groups in total. The number of hydrogen-bond acceptors (Lipinski definition) is 5. The highest BCUT2D eigenvalue weighted by atomic mass is 16.5. The summed E-state index contributed by atoms with van der Waals surface area (Å²) in [5.74, 6) is 0.486. The molecule has 1 aromatic rings. The van der Waals surface area contributed by atoms with Crippen LogP contribution in [0.25, 0.3) is 0 Å². The lowest BCUT2D eigenvalue weighted by Crippen LogP contribution is -2.49. The summed E-state index contributed by atoms with van der Waals surface area (Å²) in [4.78, 5) is 31.2. The highest BCUT2D eigenvalue weighted by Crippen LogP contribution is 2.19. The molecule has 0 aliphatic carbocycles. The molecule has 2 amide bonds. The largest absolute Gasteiger partial charge is 0.453 e. The van der Waals surface area contributed by atoms with Crippen LogP contribution in [0.15, 0.2) is 18.3 Å². The molecule has 0 atom stereocenters. The number of hydrogen-bond donors (Lipinski definition) is 1. The maximum atomic E-state index is 11.8. The minimum absolute atomic E-state index is 0.163. The number of ether oxygens (including phenoxy) is 1. The zero-order chi connectivity index (χ0) is 14.5. The van der Waals surface area contributed by atoms with Gasteiger partial charge in [0, 0.05) is 39.4 Å². The van der Waals surface area contributed by atoms with E-state index in [9.17, 15) is 9.59 Å². The van der Waals surface area contributed by atoms with Gasteiger partial charge >= 0.3 is 6.09 Å². The van der Waals surface area contributed by atoms with E-state index in [4.69, 9.17) is 4.74 Å². The van der Waals surface area contributed by atoms with Crippen LogP contribution >= 0.6 is 0 Å². The van der Waals surface area contributed by atoms with Gasteiger partial charge in [-0.1, -0.05) is 0 Å². The van der Waals surface area contributed by atoms with Crippen molar-refractivity contribution in [2.24, 2.45) is 0 Å². The van der Waals surface area contributed by atoms with Crippen molar-refractivity contribution in [2.45, 2.75) is 0 Å². The van der Waals surface area contributed by atoms with Gasteiger partial charge in [0.1, 0.15) is 5.82 Å². The Bertz CT molecular complexity index is 498. The number of rotatable bonds is 2. The maximum absolute atomic E-state index is 11.8. The lowest BCUT2D eigenvalue weighted by molar-refractivity contribution is 0.0962. The molecular weight excluding hydrogens is 260 g/mol. The molecule has 0 saturated carbocycles. The first kappa shape index (κ1) is 14.1. The third kappa shape index (κ3) is 2.81.